The lowest BCUT2D eigenvalue weighted by Gasteiger charge is -2.13. The molecule has 0 aromatic heterocycles. The van der Waals surface area contributed by atoms with Crippen molar-refractivity contribution in [2.45, 2.75) is 32.6 Å². The van der Waals surface area contributed by atoms with Gasteiger partial charge in [-0.05, 0) is 60.7 Å². The zero-order chi connectivity index (χ0) is 15.1. The number of hydrogen-bond acceptors (Lipinski definition) is 1. The third-order valence-corrected chi connectivity index (χ3v) is 4.09. The van der Waals surface area contributed by atoms with Crippen LogP contribution < -0.4 is 5.32 Å². The molecule has 2 heteroatoms. The number of rotatable bonds is 7. The molecule has 1 unspecified atom stereocenters. The van der Waals surface area contributed by atoms with Crippen molar-refractivity contribution in [3.8, 4) is 11.1 Å². The molecule has 2 aromatic rings. The minimum absolute atomic E-state index is 0.591. The average molecular weight is 302 g/mol. The highest BCUT2D eigenvalue weighted by Crippen LogP contribution is 2.25. The Balaban J connectivity index is 1.96. The van der Waals surface area contributed by atoms with Gasteiger partial charge in [0, 0.05) is 5.02 Å². The molecule has 0 saturated heterocycles. The fourth-order valence-electron chi connectivity index (χ4n) is 2.43. The van der Waals surface area contributed by atoms with Crippen molar-refractivity contribution < 1.29 is 0 Å². The van der Waals surface area contributed by atoms with E-state index in [1.54, 1.807) is 0 Å². The van der Waals surface area contributed by atoms with Crippen molar-refractivity contribution in [2.75, 3.05) is 13.1 Å². The number of halogens is 1. The summed E-state index contributed by atoms with van der Waals surface area (Å²) >= 11 is 5.93. The van der Waals surface area contributed by atoms with Crippen LogP contribution in [0.25, 0.3) is 11.1 Å². The molecule has 0 amide bonds. The van der Waals surface area contributed by atoms with Crippen LogP contribution in [0.4, 0.5) is 0 Å². The van der Waals surface area contributed by atoms with E-state index in [0.29, 0.717) is 5.92 Å². The molecule has 0 aliphatic carbocycles. The van der Waals surface area contributed by atoms with Crippen LogP contribution in [0.15, 0.2) is 48.5 Å². The summed E-state index contributed by atoms with van der Waals surface area (Å²) in [4.78, 5) is 0. The first-order chi connectivity index (χ1) is 10.2. The summed E-state index contributed by atoms with van der Waals surface area (Å²) in [5.74, 6) is 0.591. The molecular formula is C19H24ClN. The van der Waals surface area contributed by atoms with Gasteiger partial charge in [0.25, 0.3) is 0 Å². The summed E-state index contributed by atoms with van der Waals surface area (Å²) in [6, 6.07) is 16.9. The molecule has 0 heterocycles. The van der Waals surface area contributed by atoms with Gasteiger partial charge in [0.1, 0.15) is 0 Å². The van der Waals surface area contributed by atoms with Crippen LogP contribution in [0.1, 0.15) is 38.2 Å². The normalized spacial score (nSPS) is 12.3. The number of hydrogen-bond donors (Lipinski definition) is 1. The van der Waals surface area contributed by atoms with E-state index in [4.69, 9.17) is 11.6 Å². The van der Waals surface area contributed by atoms with Crippen molar-refractivity contribution in [1.29, 1.82) is 0 Å². The first kappa shape index (κ1) is 16.1. The van der Waals surface area contributed by atoms with Crippen LogP contribution in [-0.2, 0) is 0 Å². The molecule has 1 nitrogen and oxygen atoms in total. The first-order valence-electron chi connectivity index (χ1n) is 7.77. The first-order valence-corrected chi connectivity index (χ1v) is 8.15. The predicted molar refractivity (Wildman–Crippen MR) is 93.1 cm³/mol. The van der Waals surface area contributed by atoms with Crippen molar-refractivity contribution in [3.63, 3.8) is 0 Å². The van der Waals surface area contributed by atoms with Gasteiger partial charge in [-0.15, -0.1) is 0 Å². The SMILES string of the molecule is CCCNCCC(C)c1ccc(-c2ccc(Cl)cc2)cc1. The van der Waals surface area contributed by atoms with Crippen LogP contribution in [-0.4, -0.2) is 13.1 Å². The molecule has 0 spiro atoms. The Bertz CT molecular complexity index is 530. The highest BCUT2D eigenvalue weighted by Gasteiger charge is 2.05. The van der Waals surface area contributed by atoms with Crippen molar-refractivity contribution in [3.05, 3.63) is 59.1 Å². The molecule has 1 N–H and O–H groups in total. The van der Waals surface area contributed by atoms with E-state index in [2.05, 4.69) is 55.6 Å². The Morgan fingerprint density at radius 2 is 1.48 bits per heavy atom. The summed E-state index contributed by atoms with van der Waals surface area (Å²) in [5, 5.41) is 4.25. The van der Waals surface area contributed by atoms with Gasteiger partial charge in [-0.1, -0.05) is 61.8 Å². The van der Waals surface area contributed by atoms with E-state index in [1.165, 1.54) is 29.5 Å². The topological polar surface area (TPSA) is 12.0 Å². The zero-order valence-electron chi connectivity index (χ0n) is 12.9. The van der Waals surface area contributed by atoms with E-state index < -0.39 is 0 Å². The quantitative estimate of drug-likeness (QED) is 0.666. The second-order valence-electron chi connectivity index (χ2n) is 5.57. The minimum Gasteiger partial charge on any atom is -0.317 e. The van der Waals surface area contributed by atoms with Gasteiger partial charge < -0.3 is 5.32 Å². The van der Waals surface area contributed by atoms with Crippen LogP contribution in [0, 0.1) is 0 Å². The van der Waals surface area contributed by atoms with Crippen LogP contribution in [0.2, 0.25) is 5.02 Å². The fourth-order valence-corrected chi connectivity index (χ4v) is 2.56. The smallest absolute Gasteiger partial charge is 0.0406 e. The lowest BCUT2D eigenvalue weighted by atomic mass is 9.95. The largest absolute Gasteiger partial charge is 0.317 e. The van der Waals surface area contributed by atoms with E-state index in [-0.39, 0.29) is 0 Å². The molecule has 1 atom stereocenters. The number of benzene rings is 2. The van der Waals surface area contributed by atoms with Crippen LogP contribution in [0.3, 0.4) is 0 Å². The van der Waals surface area contributed by atoms with Gasteiger partial charge in [-0.2, -0.15) is 0 Å². The van der Waals surface area contributed by atoms with E-state index in [1.807, 2.05) is 12.1 Å². The van der Waals surface area contributed by atoms with E-state index in [9.17, 15) is 0 Å². The maximum atomic E-state index is 5.93. The Hall–Kier alpha value is -1.31. The molecule has 0 fully saturated rings. The Morgan fingerprint density at radius 1 is 0.905 bits per heavy atom. The van der Waals surface area contributed by atoms with Crippen molar-refractivity contribution in [2.24, 2.45) is 0 Å². The number of nitrogens with one attached hydrogen (secondary N) is 1. The standard InChI is InChI=1S/C19H24ClN/c1-3-13-21-14-12-15(2)16-4-6-17(7-5-16)18-8-10-19(20)11-9-18/h4-11,15,21H,3,12-14H2,1-2H3. The molecule has 2 rings (SSSR count). The van der Waals surface area contributed by atoms with Crippen LogP contribution >= 0.6 is 11.6 Å². The highest BCUT2D eigenvalue weighted by atomic mass is 35.5. The molecule has 0 saturated carbocycles. The Morgan fingerprint density at radius 3 is 2.05 bits per heavy atom. The van der Waals surface area contributed by atoms with Gasteiger partial charge in [-0.3, -0.25) is 0 Å². The molecule has 0 bridgehead atoms. The zero-order valence-corrected chi connectivity index (χ0v) is 13.7. The molecule has 112 valence electrons. The van der Waals surface area contributed by atoms with Crippen molar-refractivity contribution in [1.82, 2.24) is 5.32 Å². The predicted octanol–water partition coefficient (Wildman–Crippen LogP) is 5.50. The maximum Gasteiger partial charge on any atom is 0.0406 e. The lowest BCUT2D eigenvalue weighted by molar-refractivity contribution is 0.591. The van der Waals surface area contributed by atoms with Gasteiger partial charge in [0.15, 0.2) is 0 Å². The van der Waals surface area contributed by atoms with Crippen LogP contribution in [0.5, 0.6) is 0 Å². The molecule has 0 aliphatic rings. The molecule has 2 aromatic carbocycles. The Kier molecular flexibility index (Phi) is 6.28. The minimum atomic E-state index is 0.591. The van der Waals surface area contributed by atoms with Gasteiger partial charge >= 0.3 is 0 Å². The third kappa shape index (κ3) is 4.87. The lowest BCUT2D eigenvalue weighted by Crippen LogP contribution is -2.17. The summed E-state index contributed by atoms with van der Waals surface area (Å²) in [5.41, 5.74) is 3.86. The Labute approximate surface area is 133 Å². The summed E-state index contributed by atoms with van der Waals surface area (Å²) in [7, 11) is 0. The summed E-state index contributed by atoms with van der Waals surface area (Å²) in [6.07, 6.45) is 2.38. The molecule has 21 heavy (non-hydrogen) atoms. The summed E-state index contributed by atoms with van der Waals surface area (Å²) < 4.78 is 0. The van der Waals surface area contributed by atoms with Crippen molar-refractivity contribution >= 4 is 11.6 Å². The maximum absolute atomic E-state index is 5.93. The second kappa shape index (κ2) is 8.21. The van der Waals surface area contributed by atoms with Gasteiger partial charge in [0.2, 0.25) is 0 Å². The van der Waals surface area contributed by atoms with E-state index in [0.717, 1.165) is 18.1 Å². The molecular weight excluding hydrogens is 278 g/mol. The summed E-state index contributed by atoms with van der Waals surface area (Å²) in [6.45, 7) is 6.70. The second-order valence-corrected chi connectivity index (χ2v) is 6.01. The molecule has 0 radical (unpaired) electrons. The average Bonchev–Trinajstić information content (AvgIpc) is 2.52. The molecule has 0 aliphatic heterocycles. The van der Waals surface area contributed by atoms with Gasteiger partial charge in [0.05, 0.1) is 0 Å². The van der Waals surface area contributed by atoms with E-state index >= 15 is 0 Å². The monoisotopic (exact) mass is 301 g/mol. The highest BCUT2D eigenvalue weighted by molar-refractivity contribution is 6.30. The van der Waals surface area contributed by atoms with Gasteiger partial charge in [-0.25, -0.2) is 0 Å². The fraction of sp³-hybridized carbons (Fsp3) is 0.368. The third-order valence-electron chi connectivity index (χ3n) is 3.84.